The molecule has 1 aliphatic rings. The minimum Gasteiger partial charge on any atom is -0.457 e. The molecule has 2 nitrogen and oxygen atoms in total. The number of nitrogens with two attached hydrogens (primary N) is 1. The Bertz CT molecular complexity index is 925. The predicted molar refractivity (Wildman–Crippen MR) is 108 cm³/mol. The van der Waals surface area contributed by atoms with Gasteiger partial charge in [0.15, 0.2) is 0 Å². The summed E-state index contributed by atoms with van der Waals surface area (Å²) in [5.74, 6) is 1.64. The van der Waals surface area contributed by atoms with Crippen LogP contribution in [0.4, 0.5) is 5.69 Å². The first-order valence-corrected chi connectivity index (χ1v) is 9.12. The first-order valence-electron chi connectivity index (χ1n) is 9.12. The minimum atomic E-state index is 0.0276. The predicted octanol–water partition coefficient (Wildman–Crippen LogP) is 6.05. The maximum absolute atomic E-state index is 5.94. The van der Waals surface area contributed by atoms with Crippen molar-refractivity contribution in [3.05, 3.63) is 89.5 Å². The molecule has 0 aromatic heterocycles. The maximum atomic E-state index is 5.94. The van der Waals surface area contributed by atoms with E-state index in [0.717, 1.165) is 23.6 Å². The Morgan fingerprint density at radius 2 is 1.27 bits per heavy atom. The average molecular weight is 343 g/mol. The van der Waals surface area contributed by atoms with Crippen molar-refractivity contribution in [3.8, 4) is 11.5 Å². The zero-order valence-electron chi connectivity index (χ0n) is 15.6. The fraction of sp³-hybridized carbons (Fsp3) is 0.250. The van der Waals surface area contributed by atoms with Crippen LogP contribution in [0.2, 0.25) is 0 Å². The van der Waals surface area contributed by atoms with Crippen LogP contribution in [0.25, 0.3) is 0 Å². The zero-order chi connectivity index (χ0) is 18.4. The van der Waals surface area contributed by atoms with Crippen LogP contribution in [0.1, 0.15) is 43.9 Å². The van der Waals surface area contributed by atoms with Crippen molar-refractivity contribution in [1.29, 1.82) is 0 Å². The SMILES string of the molecule is CC1(C)CC(C)(c2ccc(Oc3ccc(N)cc3)cc2)c2ccccc21. The quantitative estimate of drug-likeness (QED) is 0.588. The third-order valence-corrected chi connectivity index (χ3v) is 5.65. The van der Waals surface area contributed by atoms with E-state index in [-0.39, 0.29) is 10.8 Å². The topological polar surface area (TPSA) is 35.2 Å². The monoisotopic (exact) mass is 343 g/mol. The van der Waals surface area contributed by atoms with Gasteiger partial charge in [0.2, 0.25) is 0 Å². The number of ether oxygens (including phenoxy) is 1. The van der Waals surface area contributed by atoms with Crippen LogP contribution >= 0.6 is 0 Å². The number of hydrogen-bond acceptors (Lipinski definition) is 2. The van der Waals surface area contributed by atoms with Crippen molar-refractivity contribution in [2.75, 3.05) is 5.73 Å². The van der Waals surface area contributed by atoms with Crippen LogP contribution in [0, 0.1) is 0 Å². The molecule has 3 aromatic carbocycles. The number of nitrogen functional groups attached to an aromatic ring is 1. The second-order valence-corrected chi connectivity index (χ2v) is 8.13. The van der Waals surface area contributed by atoms with Crippen LogP contribution < -0.4 is 10.5 Å². The Balaban J connectivity index is 1.64. The van der Waals surface area contributed by atoms with Crippen molar-refractivity contribution in [1.82, 2.24) is 0 Å². The number of fused-ring (bicyclic) bond motifs is 1. The third kappa shape index (κ3) is 2.76. The molecule has 2 N–H and O–H groups in total. The lowest BCUT2D eigenvalue weighted by atomic mass is 9.75. The van der Waals surface area contributed by atoms with E-state index in [1.165, 1.54) is 16.7 Å². The van der Waals surface area contributed by atoms with E-state index >= 15 is 0 Å². The highest BCUT2D eigenvalue weighted by Gasteiger charge is 2.45. The highest BCUT2D eigenvalue weighted by molar-refractivity contribution is 5.52. The minimum absolute atomic E-state index is 0.0276. The Labute approximate surface area is 155 Å². The van der Waals surface area contributed by atoms with E-state index in [0.29, 0.717) is 0 Å². The van der Waals surface area contributed by atoms with Crippen LogP contribution in [0.5, 0.6) is 11.5 Å². The van der Waals surface area contributed by atoms with E-state index < -0.39 is 0 Å². The van der Waals surface area contributed by atoms with Gasteiger partial charge in [0.25, 0.3) is 0 Å². The molecule has 2 heteroatoms. The lowest BCUT2D eigenvalue weighted by Gasteiger charge is -2.28. The van der Waals surface area contributed by atoms with Crippen molar-refractivity contribution in [3.63, 3.8) is 0 Å². The molecule has 132 valence electrons. The number of anilines is 1. The summed E-state index contributed by atoms with van der Waals surface area (Å²) in [5.41, 5.74) is 10.9. The van der Waals surface area contributed by atoms with E-state index in [1.807, 2.05) is 24.3 Å². The smallest absolute Gasteiger partial charge is 0.127 e. The summed E-state index contributed by atoms with van der Waals surface area (Å²) in [6.45, 7) is 7.04. The molecular formula is C24H25NO. The second kappa shape index (κ2) is 5.91. The normalized spacial score (nSPS) is 20.6. The van der Waals surface area contributed by atoms with Gasteiger partial charge in [-0.25, -0.2) is 0 Å². The highest BCUT2D eigenvalue weighted by Crippen LogP contribution is 2.52. The fourth-order valence-corrected chi connectivity index (χ4v) is 4.45. The Morgan fingerprint density at radius 1 is 0.731 bits per heavy atom. The van der Waals surface area contributed by atoms with Crippen LogP contribution in [0.15, 0.2) is 72.8 Å². The van der Waals surface area contributed by atoms with Crippen LogP contribution in [-0.2, 0) is 10.8 Å². The summed E-state index contributed by atoms with van der Waals surface area (Å²) >= 11 is 0. The van der Waals surface area contributed by atoms with Gasteiger partial charge < -0.3 is 10.5 Å². The van der Waals surface area contributed by atoms with Gasteiger partial charge in [0, 0.05) is 11.1 Å². The molecule has 1 atom stereocenters. The lowest BCUT2D eigenvalue weighted by Crippen LogP contribution is -2.23. The molecule has 3 aromatic rings. The first-order chi connectivity index (χ1) is 12.4. The third-order valence-electron chi connectivity index (χ3n) is 5.65. The summed E-state index contributed by atoms with van der Waals surface area (Å²) in [6, 6.07) is 24.9. The van der Waals surface area contributed by atoms with E-state index in [2.05, 4.69) is 69.3 Å². The van der Waals surface area contributed by atoms with Gasteiger partial charge in [-0.05, 0) is 64.9 Å². The summed E-state index contributed by atoms with van der Waals surface area (Å²) in [7, 11) is 0. The molecule has 0 amide bonds. The van der Waals surface area contributed by atoms with Gasteiger partial charge in [0.05, 0.1) is 0 Å². The summed E-state index contributed by atoms with van der Waals surface area (Å²) < 4.78 is 5.94. The van der Waals surface area contributed by atoms with Gasteiger partial charge in [-0.2, -0.15) is 0 Å². The van der Waals surface area contributed by atoms with E-state index in [1.54, 1.807) is 0 Å². The maximum Gasteiger partial charge on any atom is 0.127 e. The zero-order valence-corrected chi connectivity index (χ0v) is 15.6. The molecule has 1 unspecified atom stereocenters. The number of hydrogen-bond donors (Lipinski definition) is 1. The van der Waals surface area contributed by atoms with Gasteiger partial charge in [-0.15, -0.1) is 0 Å². The lowest BCUT2D eigenvalue weighted by molar-refractivity contribution is 0.424. The van der Waals surface area contributed by atoms with Gasteiger partial charge in [-0.3, -0.25) is 0 Å². The average Bonchev–Trinajstić information content (AvgIpc) is 2.85. The molecule has 0 heterocycles. The Kier molecular flexibility index (Phi) is 3.80. The van der Waals surface area contributed by atoms with E-state index in [9.17, 15) is 0 Å². The molecule has 0 bridgehead atoms. The summed E-state index contributed by atoms with van der Waals surface area (Å²) in [6.07, 6.45) is 1.11. The van der Waals surface area contributed by atoms with E-state index in [4.69, 9.17) is 10.5 Å². The molecule has 0 saturated heterocycles. The largest absolute Gasteiger partial charge is 0.457 e. The standard InChI is InChI=1S/C24H25NO/c1-23(2)16-24(3,22-7-5-4-6-21(22)23)17-8-12-19(13-9-17)26-20-14-10-18(25)11-15-20/h4-15H,16,25H2,1-3H3. The van der Waals surface area contributed by atoms with Crippen molar-refractivity contribution < 1.29 is 4.74 Å². The summed E-state index contributed by atoms with van der Waals surface area (Å²) in [4.78, 5) is 0. The molecular weight excluding hydrogens is 318 g/mol. The number of benzene rings is 3. The van der Waals surface area contributed by atoms with Gasteiger partial charge in [-0.1, -0.05) is 57.2 Å². The fourth-order valence-electron chi connectivity index (χ4n) is 4.45. The van der Waals surface area contributed by atoms with Crippen molar-refractivity contribution in [2.24, 2.45) is 0 Å². The molecule has 0 saturated carbocycles. The van der Waals surface area contributed by atoms with Crippen molar-refractivity contribution >= 4 is 5.69 Å². The molecule has 1 aliphatic carbocycles. The molecule has 0 radical (unpaired) electrons. The van der Waals surface area contributed by atoms with Gasteiger partial charge in [0.1, 0.15) is 11.5 Å². The second-order valence-electron chi connectivity index (χ2n) is 8.13. The number of rotatable bonds is 3. The molecule has 4 rings (SSSR count). The van der Waals surface area contributed by atoms with Crippen LogP contribution in [-0.4, -0.2) is 0 Å². The molecule has 26 heavy (non-hydrogen) atoms. The molecule has 0 spiro atoms. The Hall–Kier alpha value is -2.74. The van der Waals surface area contributed by atoms with Crippen LogP contribution in [0.3, 0.4) is 0 Å². The summed E-state index contributed by atoms with van der Waals surface area (Å²) in [5, 5.41) is 0. The first kappa shape index (κ1) is 16.7. The highest BCUT2D eigenvalue weighted by atomic mass is 16.5. The molecule has 0 aliphatic heterocycles. The van der Waals surface area contributed by atoms with Gasteiger partial charge >= 0.3 is 0 Å². The molecule has 0 fully saturated rings. The van der Waals surface area contributed by atoms with Crippen molar-refractivity contribution in [2.45, 2.75) is 38.0 Å². The Morgan fingerprint density at radius 3 is 1.88 bits per heavy atom.